The summed E-state index contributed by atoms with van der Waals surface area (Å²) in [6.07, 6.45) is 2.98. The molecule has 0 aliphatic carbocycles. The highest BCUT2D eigenvalue weighted by atomic mass is 16.3. The van der Waals surface area contributed by atoms with E-state index in [-0.39, 0.29) is 0 Å². The fraction of sp³-hybridized carbons (Fsp3) is 0.714. The topological polar surface area (TPSA) is 31.6 Å². The van der Waals surface area contributed by atoms with Gasteiger partial charge in [-0.25, -0.2) is 0 Å². The summed E-state index contributed by atoms with van der Waals surface area (Å²) in [6.45, 7) is 6.54. The van der Waals surface area contributed by atoms with Gasteiger partial charge >= 0.3 is 0 Å². The van der Waals surface area contributed by atoms with E-state index in [4.69, 9.17) is 4.42 Å². The van der Waals surface area contributed by atoms with Crippen LogP contribution in [0.5, 0.6) is 0 Å². The molecule has 0 aromatic carbocycles. The predicted octanol–water partition coefficient (Wildman–Crippen LogP) is 1.39. The molecule has 4 heteroatoms. The second kappa shape index (κ2) is 6.36. The summed E-state index contributed by atoms with van der Waals surface area (Å²) in [4.78, 5) is 5.00. The summed E-state index contributed by atoms with van der Waals surface area (Å²) in [6, 6.07) is 5.22. The van der Waals surface area contributed by atoms with Crippen molar-refractivity contribution in [1.29, 1.82) is 0 Å². The van der Waals surface area contributed by atoms with Gasteiger partial charge in [-0.2, -0.15) is 0 Å². The standard InChI is InChI=1S/C14H25N3O/c1-12-6-7-16(3)13(9-15-2)10-17(12)11-14-5-4-8-18-14/h4-5,8,12-13,15H,6-7,9-11H2,1-3H3. The smallest absolute Gasteiger partial charge is 0.117 e. The number of likely N-dealkylation sites (N-methyl/N-ethyl adjacent to an activating group) is 2. The van der Waals surface area contributed by atoms with Gasteiger partial charge < -0.3 is 14.6 Å². The Balaban J connectivity index is 2.02. The van der Waals surface area contributed by atoms with Crippen molar-refractivity contribution in [3.8, 4) is 0 Å². The van der Waals surface area contributed by atoms with Crippen molar-refractivity contribution in [2.45, 2.75) is 32.0 Å². The van der Waals surface area contributed by atoms with Crippen LogP contribution in [0, 0.1) is 0 Å². The van der Waals surface area contributed by atoms with Gasteiger partial charge in [0, 0.05) is 25.2 Å². The molecule has 0 spiro atoms. The molecule has 0 amide bonds. The minimum Gasteiger partial charge on any atom is -0.468 e. The fourth-order valence-corrected chi connectivity index (χ4v) is 2.62. The minimum atomic E-state index is 0.579. The zero-order chi connectivity index (χ0) is 13.0. The molecule has 18 heavy (non-hydrogen) atoms. The van der Waals surface area contributed by atoms with Crippen LogP contribution in [-0.2, 0) is 6.54 Å². The number of nitrogens with one attached hydrogen (secondary N) is 1. The van der Waals surface area contributed by atoms with Gasteiger partial charge in [0.25, 0.3) is 0 Å². The van der Waals surface area contributed by atoms with E-state index in [0.29, 0.717) is 12.1 Å². The molecule has 1 N–H and O–H groups in total. The first-order valence-corrected chi connectivity index (χ1v) is 6.82. The largest absolute Gasteiger partial charge is 0.468 e. The molecule has 0 radical (unpaired) electrons. The van der Waals surface area contributed by atoms with Gasteiger partial charge in [0.2, 0.25) is 0 Å². The Morgan fingerprint density at radius 2 is 2.33 bits per heavy atom. The van der Waals surface area contributed by atoms with Gasteiger partial charge in [-0.05, 0) is 46.1 Å². The number of rotatable bonds is 4. The van der Waals surface area contributed by atoms with E-state index in [0.717, 1.165) is 25.4 Å². The first kappa shape index (κ1) is 13.6. The quantitative estimate of drug-likeness (QED) is 0.876. The maximum absolute atomic E-state index is 5.48. The Kier molecular flexibility index (Phi) is 4.80. The van der Waals surface area contributed by atoms with Crippen LogP contribution in [0.15, 0.2) is 22.8 Å². The summed E-state index contributed by atoms with van der Waals surface area (Å²) in [5.74, 6) is 1.06. The second-order valence-electron chi connectivity index (χ2n) is 5.34. The lowest BCUT2D eigenvalue weighted by Gasteiger charge is -2.30. The minimum absolute atomic E-state index is 0.579. The molecule has 1 fully saturated rings. The maximum atomic E-state index is 5.48. The van der Waals surface area contributed by atoms with Crippen molar-refractivity contribution in [2.24, 2.45) is 0 Å². The van der Waals surface area contributed by atoms with Crippen LogP contribution in [0.25, 0.3) is 0 Å². The first-order valence-electron chi connectivity index (χ1n) is 6.82. The van der Waals surface area contributed by atoms with Crippen molar-refractivity contribution >= 4 is 0 Å². The van der Waals surface area contributed by atoms with Crippen LogP contribution in [0.2, 0.25) is 0 Å². The average molecular weight is 251 g/mol. The highest BCUT2D eigenvalue weighted by molar-refractivity contribution is 4.99. The first-order chi connectivity index (χ1) is 8.70. The van der Waals surface area contributed by atoms with E-state index in [1.54, 1.807) is 6.26 Å². The van der Waals surface area contributed by atoms with Crippen LogP contribution in [-0.4, -0.2) is 55.6 Å². The lowest BCUT2D eigenvalue weighted by Crippen LogP contribution is -2.45. The normalized spacial score (nSPS) is 27.3. The fourth-order valence-electron chi connectivity index (χ4n) is 2.62. The predicted molar refractivity (Wildman–Crippen MR) is 73.5 cm³/mol. The number of nitrogens with zero attached hydrogens (tertiary/aromatic N) is 2. The van der Waals surface area contributed by atoms with E-state index in [1.807, 2.05) is 13.1 Å². The van der Waals surface area contributed by atoms with E-state index >= 15 is 0 Å². The Bertz CT molecular complexity index is 339. The van der Waals surface area contributed by atoms with Crippen molar-refractivity contribution in [2.75, 3.05) is 33.7 Å². The van der Waals surface area contributed by atoms with E-state index in [1.165, 1.54) is 13.0 Å². The molecule has 0 saturated carbocycles. The second-order valence-corrected chi connectivity index (χ2v) is 5.34. The Hall–Kier alpha value is -0.840. The van der Waals surface area contributed by atoms with E-state index in [2.05, 4.69) is 35.2 Å². The monoisotopic (exact) mass is 251 g/mol. The van der Waals surface area contributed by atoms with Crippen LogP contribution in [0.4, 0.5) is 0 Å². The SMILES string of the molecule is CNCC1CN(Cc2ccco2)C(C)CCN1C. The Labute approximate surface area is 110 Å². The molecule has 102 valence electrons. The Morgan fingerprint density at radius 1 is 1.50 bits per heavy atom. The third-order valence-corrected chi connectivity index (χ3v) is 3.97. The van der Waals surface area contributed by atoms with Gasteiger partial charge in [-0.1, -0.05) is 0 Å². The Morgan fingerprint density at radius 3 is 3.00 bits per heavy atom. The van der Waals surface area contributed by atoms with E-state index in [9.17, 15) is 0 Å². The highest BCUT2D eigenvalue weighted by Crippen LogP contribution is 2.17. The maximum Gasteiger partial charge on any atom is 0.117 e. The molecule has 2 heterocycles. The summed E-state index contributed by atoms with van der Waals surface area (Å²) in [5.41, 5.74) is 0. The third kappa shape index (κ3) is 3.34. The molecule has 1 aromatic rings. The molecule has 0 bridgehead atoms. The molecule has 2 unspecified atom stereocenters. The number of hydrogen-bond donors (Lipinski definition) is 1. The lowest BCUT2D eigenvalue weighted by atomic mass is 10.2. The zero-order valence-electron chi connectivity index (χ0n) is 11.7. The van der Waals surface area contributed by atoms with Gasteiger partial charge in [0.15, 0.2) is 0 Å². The molecule has 1 aromatic heterocycles. The molecule has 4 nitrogen and oxygen atoms in total. The van der Waals surface area contributed by atoms with E-state index < -0.39 is 0 Å². The molecule has 2 rings (SSSR count). The van der Waals surface area contributed by atoms with Gasteiger partial charge in [-0.3, -0.25) is 4.90 Å². The molecular weight excluding hydrogens is 226 g/mol. The summed E-state index contributed by atoms with van der Waals surface area (Å²) >= 11 is 0. The average Bonchev–Trinajstić information content (AvgIpc) is 2.82. The summed E-state index contributed by atoms with van der Waals surface area (Å²) < 4.78 is 5.48. The molecule has 2 atom stereocenters. The van der Waals surface area contributed by atoms with Crippen molar-refractivity contribution in [3.63, 3.8) is 0 Å². The number of hydrogen-bond acceptors (Lipinski definition) is 4. The lowest BCUT2D eigenvalue weighted by molar-refractivity contribution is 0.162. The van der Waals surface area contributed by atoms with Crippen molar-refractivity contribution in [3.05, 3.63) is 24.2 Å². The third-order valence-electron chi connectivity index (χ3n) is 3.97. The van der Waals surface area contributed by atoms with Crippen molar-refractivity contribution in [1.82, 2.24) is 15.1 Å². The van der Waals surface area contributed by atoms with Gasteiger partial charge in [0.05, 0.1) is 12.8 Å². The molecular formula is C14H25N3O. The van der Waals surface area contributed by atoms with Crippen LogP contribution < -0.4 is 5.32 Å². The summed E-state index contributed by atoms with van der Waals surface area (Å²) in [7, 11) is 4.25. The van der Waals surface area contributed by atoms with Gasteiger partial charge in [0.1, 0.15) is 5.76 Å². The zero-order valence-corrected chi connectivity index (χ0v) is 11.7. The van der Waals surface area contributed by atoms with Crippen LogP contribution in [0.1, 0.15) is 19.1 Å². The number of furan rings is 1. The molecule has 1 aliphatic heterocycles. The molecule has 1 aliphatic rings. The van der Waals surface area contributed by atoms with Crippen LogP contribution >= 0.6 is 0 Å². The van der Waals surface area contributed by atoms with Gasteiger partial charge in [-0.15, -0.1) is 0 Å². The van der Waals surface area contributed by atoms with Crippen molar-refractivity contribution < 1.29 is 4.42 Å². The highest BCUT2D eigenvalue weighted by Gasteiger charge is 2.26. The summed E-state index contributed by atoms with van der Waals surface area (Å²) in [5, 5.41) is 3.30. The van der Waals surface area contributed by atoms with Crippen LogP contribution in [0.3, 0.4) is 0 Å². The molecule has 1 saturated heterocycles.